The molecular weight excluding hydrogens is 330 g/mol. The number of aromatic nitrogens is 5. The van der Waals surface area contributed by atoms with Crippen molar-refractivity contribution in [1.82, 2.24) is 34.7 Å². The van der Waals surface area contributed by atoms with Gasteiger partial charge in [0.05, 0.1) is 12.2 Å². The fourth-order valence-corrected chi connectivity index (χ4v) is 3.43. The highest BCUT2D eigenvalue weighted by atomic mass is 16.5. The molecule has 1 unspecified atom stereocenters. The summed E-state index contributed by atoms with van der Waals surface area (Å²) in [6.07, 6.45) is 4.41. The molecule has 0 radical (unpaired) electrons. The molecule has 26 heavy (non-hydrogen) atoms. The number of nitrogens with zero attached hydrogens (tertiary/aromatic N) is 7. The van der Waals surface area contributed by atoms with Crippen LogP contribution in [0.25, 0.3) is 5.69 Å². The molecule has 0 aliphatic carbocycles. The Balaban J connectivity index is 1.31. The Labute approximate surface area is 152 Å². The van der Waals surface area contributed by atoms with E-state index in [1.54, 1.807) is 17.3 Å². The first-order valence-corrected chi connectivity index (χ1v) is 8.83. The summed E-state index contributed by atoms with van der Waals surface area (Å²) in [5.74, 6) is 1.38. The molecule has 8 nitrogen and oxygen atoms in total. The maximum Gasteiger partial charge on any atom is 0.223 e. The van der Waals surface area contributed by atoms with Crippen molar-refractivity contribution in [3.05, 3.63) is 54.2 Å². The summed E-state index contributed by atoms with van der Waals surface area (Å²) >= 11 is 0. The molecule has 1 aliphatic heterocycles. The van der Waals surface area contributed by atoms with Gasteiger partial charge in [0, 0.05) is 32.6 Å². The van der Waals surface area contributed by atoms with Gasteiger partial charge in [-0.05, 0) is 31.2 Å². The average Bonchev–Trinajstić information content (AvgIpc) is 3.38. The van der Waals surface area contributed by atoms with Crippen molar-refractivity contribution in [3.8, 4) is 5.69 Å². The van der Waals surface area contributed by atoms with Crippen LogP contribution in [0.2, 0.25) is 0 Å². The van der Waals surface area contributed by atoms with Crippen LogP contribution in [-0.2, 0) is 13.1 Å². The SMILES string of the molecule is Cc1nc(CN(C)C2CCN(Cc3ccc(-n4cncn4)cc3)C2)no1. The molecule has 3 heterocycles. The Bertz CT molecular complexity index is 828. The van der Waals surface area contributed by atoms with Gasteiger partial charge < -0.3 is 4.52 Å². The highest BCUT2D eigenvalue weighted by molar-refractivity contribution is 5.33. The average molecular weight is 353 g/mol. The van der Waals surface area contributed by atoms with Crippen molar-refractivity contribution < 1.29 is 4.52 Å². The third-order valence-electron chi connectivity index (χ3n) is 4.86. The molecule has 0 saturated carbocycles. The summed E-state index contributed by atoms with van der Waals surface area (Å²) < 4.78 is 6.82. The molecule has 4 rings (SSSR count). The highest BCUT2D eigenvalue weighted by Gasteiger charge is 2.26. The van der Waals surface area contributed by atoms with E-state index in [2.05, 4.69) is 61.3 Å². The van der Waals surface area contributed by atoms with Crippen molar-refractivity contribution in [2.45, 2.75) is 32.5 Å². The third kappa shape index (κ3) is 3.81. The van der Waals surface area contributed by atoms with Gasteiger partial charge in [-0.1, -0.05) is 17.3 Å². The van der Waals surface area contributed by atoms with E-state index in [4.69, 9.17) is 4.52 Å². The van der Waals surface area contributed by atoms with Gasteiger partial charge in [-0.15, -0.1) is 0 Å². The Morgan fingerprint density at radius 1 is 1.27 bits per heavy atom. The molecule has 3 aromatic rings. The number of likely N-dealkylation sites (tertiary alicyclic amines) is 1. The first kappa shape index (κ1) is 16.9. The van der Waals surface area contributed by atoms with Gasteiger partial charge in [-0.2, -0.15) is 10.1 Å². The molecule has 0 N–H and O–H groups in total. The van der Waals surface area contributed by atoms with Crippen LogP contribution in [0.15, 0.2) is 41.4 Å². The first-order valence-electron chi connectivity index (χ1n) is 8.83. The summed E-state index contributed by atoms with van der Waals surface area (Å²) in [6.45, 7) is 5.66. The molecule has 1 fully saturated rings. The molecule has 1 aliphatic rings. The Hall–Kier alpha value is -2.58. The van der Waals surface area contributed by atoms with E-state index >= 15 is 0 Å². The largest absolute Gasteiger partial charge is 0.340 e. The normalized spacial score (nSPS) is 18.0. The molecule has 1 saturated heterocycles. The summed E-state index contributed by atoms with van der Waals surface area (Å²) in [6, 6.07) is 9.01. The van der Waals surface area contributed by atoms with Crippen molar-refractivity contribution >= 4 is 0 Å². The van der Waals surface area contributed by atoms with Crippen LogP contribution in [0.3, 0.4) is 0 Å². The fraction of sp³-hybridized carbons (Fsp3) is 0.444. The van der Waals surface area contributed by atoms with E-state index < -0.39 is 0 Å². The second kappa shape index (κ2) is 7.35. The lowest BCUT2D eigenvalue weighted by atomic mass is 10.2. The second-order valence-corrected chi connectivity index (χ2v) is 6.83. The molecule has 2 aromatic heterocycles. The zero-order chi connectivity index (χ0) is 17.9. The van der Waals surface area contributed by atoms with E-state index in [-0.39, 0.29) is 0 Å². The summed E-state index contributed by atoms with van der Waals surface area (Å²) in [5, 5.41) is 8.15. The molecule has 0 bridgehead atoms. The van der Waals surface area contributed by atoms with Gasteiger partial charge in [0.25, 0.3) is 0 Å². The minimum atomic E-state index is 0.517. The van der Waals surface area contributed by atoms with Crippen LogP contribution in [0.5, 0.6) is 0 Å². The van der Waals surface area contributed by atoms with E-state index in [9.17, 15) is 0 Å². The smallest absolute Gasteiger partial charge is 0.223 e. The number of benzene rings is 1. The lowest BCUT2D eigenvalue weighted by Crippen LogP contribution is -2.34. The van der Waals surface area contributed by atoms with E-state index in [0.29, 0.717) is 11.9 Å². The monoisotopic (exact) mass is 353 g/mol. The summed E-state index contributed by atoms with van der Waals surface area (Å²) in [7, 11) is 2.13. The third-order valence-corrected chi connectivity index (χ3v) is 4.86. The van der Waals surface area contributed by atoms with E-state index in [1.165, 1.54) is 5.56 Å². The topological polar surface area (TPSA) is 76.1 Å². The molecule has 1 atom stereocenters. The Morgan fingerprint density at radius 3 is 2.81 bits per heavy atom. The first-order chi connectivity index (χ1) is 12.7. The van der Waals surface area contributed by atoms with Crippen LogP contribution in [0.1, 0.15) is 23.7 Å². The van der Waals surface area contributed by atoms with Crippen molar-refractivity contribution in [2.75, 3.05) is 20.1 Å². The van der Waals surface area contributed by atoms with Gasteiger partial charge >= 0.3 is 0 Å². The Kier molecular flexibility index (Phi) is 4.77. The second-order valence-electron chi connectivity index (χ2n) is 6.83. The number of likely N-dealkylation sites (N-methyl/N-ethyl adjacent to an activating group) is 1. The predicted octanol–water partition coefficient (Wildman–Crippen LogP) is 1.67. The summed E-state index contributed by atoms with van der Waals surface area (Å²) in [5.41, 5.74) is 2.34. The molecule has 8 heteroatoms. The number of aryl methyl sites for hydroxylation is 1. The number of hydrogen-bond donors (Lipinski definition) is 0. The standard InChI is InChI=1S/C18H23N7O/c1-14-21-18(22-26-14)11-23(2)17-7-8-24(10-17)9-15-3-5-16(6-4-15)25-13-19-12-20-25/h3-6,12-13,17H,7-11H2,1-2H3. The fourth-order valence-electron chi connectivity index (χ4n) is 3.43. The van der Waals surface area contributed by atoms with Crippen LogP contribution in [0, 0.1) is 6.92 Å². The number of rotatable bonds is 6. The zero-order valence-corrected chi connectivity index (χ0v) is 15.1. The maximum atomic E-state index is 5.06. The summed E-state index contributed by atoms with van der Waals surface area (Å²) in [4.78, 5) is 13.1. The Morgan fingerprint density at radius 2 is 2.12 bits per heavy atom. The van der Waals surface area contributed by atoms with Crippen molar-refractivity contribution in [2.24, 2.45) is 0 Å². The van der Waals surface area contributed by atoms with Gasteiger partial charge in [-0.25, -0.2) is 9.67 Å². The van der Waals surface area contributed by atoms with Gasteiger partial charge in [0.2, 0.25) is 5.89 Å². The van der Waals surface area contributed by atoms with Crippen LogP contribution in [0.4, 0.5) is 0 Å². The maximum absolute atomic E-state index is 5.06. The van der Waals surface area contributed by atoms with Gasteiger partial charge in [0.1, 0.15) is 12.7 Å². The van der Waals surface area contributed by atoms with Crippen LogP contribution >= 0.6 is 0 Å². The number of hydrogen-bond acceptors (Lipinski definition) is 7. The minimum Gasteiger partial charge on any atom is -0.340 e. The van der Waals surface area contributed by atoms with Crippen molar-refractivity contribution in [1.29, 1.82) is 0 Å². The van der Waals surface area contributed by atoms with Crippen LogP contribution in [-0.4, -0.2) is 60.9 Å². The van der Waals surface area contributed by atoms with Crippen molar-refractivity contribution in [3.63, 3.8) is 0 Å². The van der Waals surface area contributed by atoms with Gasteiger partial charge in [-0.3, -0.25) is 9.80 Å². The lowest BCUT2D eigenvalue weighted by molar-refractivity contribution is 0.216. The van der Waals surface area contributed by atoms with E-state index in [1.807, 2.05) is 6.92 Å². The van der Waals surface area contributed by atoms with Crippen LogP contribution < -0.4 is 0 Å². The predicted molar refractivity (Wildman–Crippen MR) is 95.5 cm³/mol. The van der Waals surface area contributed by atoms with Gasteiger partial charge in [0.15, 0.2) is 5.82 Å². The van der Waals surface area contributed by atoms with E-state index in [0.717, 1.165) is 44.1 Å². The quantitative estimate of drug-likeness (QED) is 0.667. The lowest BCUT2D eigenvalue weighted by Gasteiger charge is -2.23. The minimum absolute atomic E-state index is 0.517. The zero-order valence-electron chi connectivity index (χ0n) is 15.1. The molecule has 136 valence electrons. The molecule has 0 amide bonds. The highest BCUT2D eigenvalue weighted by Crippen LogP contribution is 2.19. The molecular formula is C18H23N7O. The molecule has 1 aromatic carbocycles. The molecule has 0 spiro atoms.